The van der Waals surface area contributed by atoms with E-state index < -0.39 is 5.97 Å². The molecule has 8 heteroatoms. The number of ketones is 1. The lowest BCUT2D eigenvalue weighted by atomic mass is 10.1. The van der Waals surface area contributed by atoms with Crippen LogP contribution in [0.2, 0.25) is 0 Å². The molecule has 0 aliphatic carbocycles. The number of piperazine rings is 1. The highest BCUT2D eigenvalue weighted by atomic mass is 35.5. The van der Waals surface area contributed by atoms with Gasteiger partial charge >= 0.3 is 5.97 Å². The Hall–Kier alpha value is -1.34. The number of hydrogen-bond donors (Lipinski definition) is 2. The average Bonchev–Trinajstić information content (AvgIpc) is 2.54. The topological polar surface area (TPSA) is 78.9 Å². The van der Waals surface area contributed by atoms with Crippen LogP contribution >= 0.6 is 24.8 Å². The maximum Gasteiger partial charge on any atom is 0.303 e. The summed E-state index contributed by atoms with van der Waals surface area (Å²) >= 11 is 0. The second-order valence-electron chi connectivity index (χ2n) is 5.28. The first-order valence-corrected chi connectivity index (χ1v) is 7.56. The molecule has 6 nitrogen and oxygen atoms in total. The first kappa shape index (κ1) is 22.7. The fourth-order valence-corrected chi connectivity index (χ4v) is 2.33. The highest BCUT2D eigenvalue weighted by Crippen LogP contribution is 2.14. The summed E-state index contributed by atoms with van der Waals surface area (Å²) in [5, 5.41) is 11.9. The number of nitrogens with zero attached hydrogens (tertiary/aromatic N) is 1. The zero-order valence-electron chi connectivity index (χ0n) is 13.4. The van der Waals surface area contributed by atoms with Crippen molar-refractivity contribution in [3.05, 3.63) is 29.8 Å². The van der Waals surface area contributed by atoms with E-state index in [4.69, 9.17) is 9.84 Å². The van der Waals surface area contributed by atoms with Crippen LogP contribution < -0.4 is 10.1 Å². The van der Waals surface area contributed by atoms with Crippen LogP contribution in [0.25, 0.3) is 0 Å². The van der Waals surface area contributed by atoms with Crippen LogP contribution in [0.3, 0.4) is 0 Å². The zero-order valence-corrected chi connectivity index (χ0v) is 15.0. The standard InChI is InChI=1S/C16H22N2O4.2ClH/c19-15(5-6-16(20)21)13-1-3-14(4-2-13)22-12-11-18-9-7-17-8-10-18;;/h1-4,17H,5-12H2,(H,20,21);2*1H. The lowest BCUT2D eigenvalue weighted by Gasteiger charge is -2.26. The molecule has 2 rings (SSSR count). The molecule has 0 unspecified atom stereocenters. The smallest absolute Gasteiger partial charge is 0.303 e. The molecule has 24 heavy (non-hydrogen) atoms. The van der Waals surface area contributed by atoms with Crippen molar-refractivity contribution < 1.29 is 19.4 Å². The van der Waals surface area contributed by atoms with Crippen LogP contribution in [0.5, 0.6) is 5.75 Å². The summed E-state index contributed by atoms with van der Waals surface area (Å²) in [6.07, 6.45) is -0.111. The lowest BCUT2D eigenvalue weighted by Crippen LogP contribution is -2.44. The lowest BCUT2D eigenvalue weighted by molar-refractivity contribution is -0.136. The minimum absolute atomic E-state index is 0. The SMILES string of the molecule is Cl.Cl.O=C(O)CCC(=O)c1ccc(OCCN2CCNCC2)cc1. The molecule has 0 amide bonds. The van der Waals surface area contributed by atoms with Crippen molar-refractivity contribution in [3.63, 3.8) is 0 Å². The largest absolute Gasteiger partial charge is 0.492 e. The number of carboxylic acid groups (broad SMARTS) is 1. The van der Waals surface area contributed by atoms with Crippen LogP contribution in [0.15, 0.2) is 24.3 Å². The third-order valence-corrected chi connectivity index (χ3v) is 3.63. The summed E-state index contributed by atoms with van der Waals surface area (Å²) < 4.78 is 5.67. The summed E-state index contributed by atoms with van der Waals surface area (Å²) in [6.45, 7) is 5.63. The molecule has 1 fully saturated rings. The van der Waals surface area contributed by atoms with Crippen molar-refractivity contribution in [1.82, 2.24) is 10.2 Å². The van der Waals surface area contributed by atoms with Crippen molar-refractivity contribution in [3.8, 4) is 5.75 Å². The van der Waals surface area contributed by atoms with Crippen molar-refractivity contribution in [1.29, 1.82) is 0 Å². The van der Waals surface area contributed by atoms with E-state index >= 15 is 0 Å². The van der Waals surface area contributed by atoms with Gasteiger partial charge in [-0.15, -0.1) is 24.8 Å². The maximum absolute atomic E-state index is 11.8. The third kappa shape index (κ3) is 7.97. The molecule has 1 saturated heterocycles. The maximum atomic E-state index is 11.8. The number of Topliss-reactive ketones (excluding diaryl/α,β-unsaturated/α-hetero) is 1. The van der Waals surface area contributed by atoms with Gasteiger partial charge in [0.1, 0.15) is 12.4 Å². The number of ether oxygens (including phenoxy) is 1. The molecule has 2 N–H and O–H groups in total. The molecule has 136 valence electrons. The normalized spacial score (nSPS) is 14.2. The van der Waals surface area contributed by atoms with E-state index in [-0.39, 0.29) is 43.4 Å². The van der Waals surface area contributed by atoms with E-state index in [1.54, 1.807) is 24.3 Å². The zero-order chi connectivity index (χ0) is 15.8. The molecule has 0 radical (unpaired) electrons. The quantitative estimate of drug-likeness (QED) is 0.672. The Morgan fingerprint density at radius 1 is 1.08 bits per heavy atom. The van der Waals surface area contributed by atoms with E-state index in [1.165, 1.54) is 0 Å². The van der Waals surface area contributed by atoms with E-state index in [2.05, 4.69) is 10.2 Å². The molecule has 0 aromatic heterocycles. The van der Waals surface area contributed by atoms with Gasteiger partial charge < -0.3 is 15.2 Å². The van der Waals surface area contributed by atoms with Gasteiger partial charge in [0.15, 0.2) is 5.78 Å². The molecule has 1 heterocycles. The van der Waals surface area contributed by atoms with Gasteiger partial charge in [0.2, 0.25) is 0 Å². The molecule has 1 aromatic carbocycles. The molecule has 0 bridgehead atoms. The number of benzene rings is 1. The van der Waals surface area contributed by atoms with Crippen molar-refractivity contribution in [2.75, 3.05) is 39.3 Å². The second kappa shape index (κ2) is 12.1. The first-order chi connectivity index (χ1) is 10.6. The van der Waals surface area contributed by atoms with Gasteiger partial charge in [-0.05, 0) is 24.3 Å². The Morgan fingerprint density at radius 3 is 2.29 bits per heavy atom. The highest BCUT2D eigenvalue weighted by molar-refractivity contribution is 5.97. The monoisotopic (exact) mass is 378 g/mol. The van der Waals surface area contributed by atoms with Crippen molar-refractivity contribution >= 4 is 36.6 Å². The molecule has 1 aliphatic heterocycles. The van der Waals surface area contributed by atoms with Crippen LogP contribution in [0, 0.1) is 0 Å². The molecule has 0 saturated carbocycles. The Kier molecular flexibility index (Phi) is 11.4. The van der Waals surface area contributed by atoms with Gasteiger partial charge in [0.05, 0.1) is 6.42 Å². The van der Waals surface area contributed by atoms with Crippen LogP contribution in [0.4, 0.5) is 0 Å². The van der Waals surface area contributed by atoms with Crippen LogP contribution in [0.1, 0.15) is 23.2 Å². The first-order valence-electron chi connectivity index (χ1n) is 7.56. The van der Waals surface area contributed by atoms with Gasteiger partial charge in [-0.25, -0.2) is 0 Å². The number of aliphatic carboxylic acids is 1. The summed E-state index contributed by atoms with van der Waals surface area (Å²) in [5.74, 6) is -0.388. The number of carboxylic acids is 1. The predicted molar refractivity (Wildman–Crippen MR) is 96.9 cm³/mol. The predicted octanol–water partition coefficient (Wildman–Crippen LogP) is 1.86. The molecule has 1 aliphatic rings. The fraction of sp³-hybridized carbons (Fsp3) is 0.500. The number of carbonyl (C=O) groups is 2. The Labute approximate surface area is 154 Å². The number of nitrogens with one attached hydrogen (secondary N) is 1. The van der Waals surface area contributed by atoms with Crippen molar-refractivity contribution in [2.45, 2.75) is 12.8 Å². The Morgan fingerprint density at radius 2 is 1.71 bits per heavy atom. The van der Waals surface area contributed by atoms with Crippen LogP contribution in [-0.2, 0) is 4.79 Å². The molecule has 0 atom stereocenters. The summed E-state index contributed by atoms with van der Waals surface area (Å²) in [6, 6.07) is 6.88. The number of rotatable bonds is 8. The Bertz CT molecular complexity index is 505. The fourth-order valence-electron chi connectivity index (χ4n) is 2.33. The summed E-state index contributed by atoms with van der Waals surface area (Å²) in [5.41, 5.74) is 0.524. The van der Waals surface area contributed by atoms with E-state index in [0.29, 0.717) is 12.2 Å². The minimum atomic E-state index is -0.957. The van der Waals surface area contributed by atoms with Gasteiger partial charge in [0.25, 0.3) is 0 Å². The molecular formula is C16H24Cl2N2O4. The second-order valence-corrected chi connectivity index (χ2v) is 5.28. The van der Waals surface area contributed by atoms with Crippen LogP contribution in [-0.4, -0.2) is 61.1 Å². The summed E-state index contributed by atoms with van der Waals surface area (Å²) in [7, 11) is 0. The number of hydrogen-bond acceptors (Lipinski definition) is 5. The van der Waals surface area contributed by atoms with Crippen molar-refractivity contribution in [2.24, 2.45) is 0 Å². The highest BCUT2D eigenvalue weighted by Gasteiger charge is 2.10. The van der Waals surface area contributed by atoms with E-state index in [1.807, 2.05) is 0 Å². The summed E-state index contributed by atoms with van der Waals surface area (Å²) in [4.78, 5) is 24.6. The molecular weight excluding hydrogens is 355 g/mol. The van der Waals surface area contributed by atoms with Gasteiger partial charge in [-0.3, -0.25) is 14.5 Å². The van der Waals surface area contributed by atoms with Gasteiger partial charge in [0, 0.05) is 44.7 Å². The molecule has 0 spiro atoms. The van der Waals surface area contributed by atoms with Gasteiger partial charge in [-0.1, -0.05) is 0 Å². The number of carbonyl (C=O) groups excluding carboxylic acids is 1. The minimum Gasteiger partial charge on any atom is -0.492 e. The third-order valence-electron chi connectivity index (χ3n) is 3.63. The van der Waals surface area contributed by atoms with Gasteiger partial charge in [-0.2, -0.15) is 0 Å². The molecule has 1 aromatic rings. The Balaban J connectivity index is 0.00000264. The number of halogens is 2. The van der Waals surface area contributed by atoms with E-state index in [0.717, 1.165) is 38.5 Å². The van der Waals surface area contributed by atoms with E-state index in [9.17, 15) is 9.59 Å². The average molecular weight is 379 g/mol.